The summed E-state index contributed by atoms with van der Waals surface area (Å²) < 4.78 is 0. The van der Waals surface area contributed by atoms with Crippen LogP contribution in [0.25, 0.3) is 0 Å². The number of carbonyl (C=O) groups is 2. The molecule has 0 unspecified atom stereocenters. The minimum absolute atomic E-state index is 0.0529. The van der Waals surface area contributed by atoms with Gasteiger partial charge in [0.15, 0.2) is 0 Å². The Morgan fingerprint density at radius 1 is 1.26 bits per heavy atom. The first-order valence-corrected chi connectivity index (χ1v) is 8.61. The maximum atomic E-state index is 12.6. The van der Waals surface area contributed by atoms with Crippen LogP contribution in [0.4, 0.5) is 5.69 Å². The predicted molar refractivity (Wildman–Crippen MR) is 92.0 cm³/mol. The number of nitrogens with one attached hydrogen (secondary N) is 1. The third kappa shape index (κ3) is 2.52. The summed E-state index contributed by atoms with van der Waals surface area (Å²) in [4.78, 5) is 27.0. The predicted octanol–water partition coefficient (Wildman–Crippen LogP) is 3.71. The van der Waals surface area contributed by atoms with Crippen molar-refractivity contribution < 1.29 is 9.59 Å². The topological polar surface area (TPSA) is 49.4 Å². The molecule has 1 N–H and O–H groups in total. The average Bonchev–Trinajstić information content (AvgIpc) is 3.04. The molecular formula is C17H20Cl2N2O2. The van der Waals surface area contributed by atoms with Crippen molar-refractivity contribution in [3.05, 3.63) is 27.7 Å². The van der Waals surface area contributed by atoms with Crippen LogP contribution in [0, 0.1) is 11.8 Å². The molecule has 1 aromatic rings. The fourth-order valence-corrected chi connectivity index (χ4v) is 3.71. The summed E-state index contributed by atoms with van der Waals surface area (Å²) in [5.41, 5.74) is 0.857. The Morgan fingerprint density at radius 3 is 2.57 bits per heavy atom. The highest BCUT2D eigenvalue weighted by Gasteiger charge is 2.52. The molecule has 6 heteroatoms. The molecule has 0 aliphatic carbocycles. The molecule has 1 fully saturated rings. The van der Waals surface area contributed by atoms with Crippen LogP contribution in [0.15, 0.2) is 12.1 Å². The van der Waals surface area contributed by atoms with Gasteiger partial charge in [-0.3, -0.25) is 9.59 Å². The number of benzene rings is 1. The quantitative estimate of drug-likeness (QED) is 0.879. The molecule has 1 saturated heterocycles. The molecule has 23 heavy (non-hydrogen) atoms. The molecule has 0 saturated carbocycles. The first-order valence-electron chi connectivity index (χ1n) is 7.86. The lowest BCUT2D eigenvalue weighted by molar-refractivity contribution is -0.135. The van der Waals surface area contributed by atoms with Gasteiger partial charge < -0.3 is 10.2 Å². The molecule has 1 spiro atoms. The lowest BCUT2D eigenvalue weighted by Gasteiger charge is -2.26. The number of amides is 2. The van der Waals surface area contributed by atoms with Gasteiger partial charge in [-0.25, -0.2) is 0 Å². The first kappa shape index (κ1) is 16.6. The standard InChI is InChI=1S/C17H20Cl2N2O2/c1-9(2)10(3)15(22)21-5-4-17(8-21)11-6-12(18)13(19)7-14(11)20-16(17)23/h6-7,9-10H,4-5,8H2,1-3H3,(H,20,23)/t10-,17-/m1/s1. The van der Waals surface area contributed by atoms with Gasteiger partial charge in [0.25, 0.3) is 0 Å². The average molecular weight is 355 g/mol. The van der Waals surface area contributed by atoms with Crippen molar-refractivity contribution in [1.82, 2.24) is 4.90 Å². The number of carbonyl (C=O) groups excluding carboxylic acids is 2. The highest BCUT2D eigenvalue weighted by molar-refractivity contribution is 6.42. The Labute approximate surface area is 146 Å². The number of rotatable bonds is 2. The molecule has 2 aliphatic heterocycles. The summed E-state index contributed by atoms with van der Waals surface area (Å²) in [5.74, 6) is 0.261. The molecule has 2 heterocycles. The van der Waals surface area contributed by atoms with Gasteiger partial charge in [-0.1, -0.05) is 44.0 Å². The fourth-order valence-electron chi connectivity index (χ4n) is 3.39. The molecule has 4 nitrogen and oxygen atoms in total. The van der Waals surface area contributed by atoms with Gasteiger partial charge in [0.2, 0.25) is 11.8 Å². The van der Waals surface area contributed by atoms with Crippen LogP contribution in [0.1, 0.15) is 32.8 Å². The monoisotopic (exact) mass is 354 g/mol. The Morgan fingerprint density at radius 2 is 1.91 bits per heavy atom. The molecule has 2 atom stereocenters. The van der Waals surface area contributed by atoms with E-state index in [1.54, 1.807) is 12.1 Å². The fraction of sp³-hybridized carbons (Fsp3) is 0.529. The van der Waals surface area contributed by atoms with Crippen LogP contribution >= 0.6 is 23.2 Å². The molecule has 124 valence electrons. The number of nitrogens with zero attached hydrogens (tertiary/aromatic N) is 1. The largest absolute Gasteiger partial charge is 0.341 e. The zero-order chi connectivity index (χ0) is 16.9. The van der Waals surface area contributed by atoms with Crippen LogP contribution in [-0.4, -0.2) is 29.8 Å². The normalized spacial score (nSPS) is 24.3. The van der Waals surface area contributed by atoms with Crippen LogP contribution in [0.3, 0.4) is 0 Å². The van der Waals surface area contributed by atoms with Crippen LogP contribution in [0.5, 0.6) is 0 Å². The SMILES string of the molecule is CC(C)[C@@H](C)C(=O)N1CC[C@]2(C1)C(=O)Nc1cc(Cl)c(Cl)cc12. The van der Waals surface area contributed by atoms with Crippen LogP contribution in [-0.2, 0) is 15.0 Å². The van der Waals surface area contributed by atoms with Crippen molar-refractivity contribution in [3.63, 3.8) is 0 Å². The van der Waals surface area contributed by atoms with E-state index in [2.05, 4.69) is 5.32 Å². The second kappa shape index (κ2) is 5.67. The lowest BCUT2D eigenvalue weighted by atomic mass is 9.81. The number of halogens is 2. The molecule has 1 aromatic carbocycles. The van der Waals surface area contributed by atoms with Crippen molar-refractivity contribution in [2.75, 3.05) is 18.4 Å². The van der Waals surface area contributed by atoms with Gasteiger partial charge in [-0.05, 0) is 30.0 Å². The molecule has 0 bridgehead atoms. The molecule has 0 radical (unpaired) electrons. The minimum atomic E-state index is -0.698. The third-order valence-electron chi connectivity index (χ3n) is 5.23. The summed E-state index contributed by atoms with van der Waals surface area (Å²) in [6.45, 7) is 7.00. The van der Waals surface area contributed by atoms with Gasteiger partial charge >= 0.3 is 0 Å². The van der Waals surface area contributed by atoms with Crippen molar-refractivity contribution in [1.29, 1.82) is 0 Å². The van der Waals surface area contributed by atoms with Crippen molar-refractivity contribution in [3.8, 4) is 0 Å². The Hall–Kier alpha value is -1.26. The van der Waals surface area contributed by atoms with Crippen LogP contribution in [0.2, 0.25) is 10.0 Å². The van der Waals surface area contributed by atoms with E-state index >= 15 is 0 Å². The Kier molecular flexibility index (Phi) is 4.09. The molecule has 0 aromatic heterocycles. The van der Waals surface area contributed by atoms with E-state index in [9.17, 15) is 9.59 Å². The van der Waals surface area contributed by atoms with E-state index in [1.165, 1.54) is 0 Å². The molecule has 3 rings (SSSR count). The van der Waals surface area contributed by atoms with Gasteiger partial charge in [-0.15, -0.1) is 0 Å². The maximum Gasteiger partial charge on any atom is 0.237 e. The smallest absolute Gasteiger partial charge is 0.237 e. The van der Waals surface area contributed by atoms with E-state index in [0.29, 0.717) is 35.2 Å². The first-order chi connectivity index (χ1) is 10.8. The van der Waals surface area contributed by atoms with E-state index in [1.807, 2.05) is 25.7 Å². The van der Waals surface area contributed by atoms with Gasteiger partial charge in [0.1, 0.15) is 0 Å². The van der Waals surface area contributed by atoms with E-state index in [0.717, 1.165) is 5.56 Å². The minimum Gasteiger partial charge on any atom is -0.341 e. The van der Waals surface area contributed by atoms with Gasteiger partial charge in [-0.2, -0.15) is 0 Å². The van der Waals surface area contributed by atoms with E-state index in [4.69, 9.17) is 23.2 Å². The number of fused-ring (bicyclic) bond motifs is 2. The molecule has 2 aliphatic rings. The van der Waals surface area contributed by atoms with Gasteiger partial charge in [0, 0.05) is 24.7 Å². The lowest BCUT2D eigenvalue weighted by Crippen LogP contribution is -2.41. The van der Waals surface area contributed by atoms with Crippen molar-refractivity contribution >= 4 is 40.7 Å². The summed E-state index contributed by atoms with van der Waals surface area (Å²) >= 11 is 12.2. The van der Waals surface area contributed by atoms with E-state index in [-0.39, 0.29) is 23.7 Å². The number of hydrogen-bond donors (Lipinski definition) is 1. The summed E-state index contributed by atoms with van der Waals surface area (Å²) in [7, 11) is 0. The Bertz CT molecular complexity index is 689. The second-order valence-electron chi connectivity index (χ2n) is 6.89. The highest BCUT2D eigenvalue weighted by Crippen LogP contribution is 2.47. The van der Waals surface area contributed by atoms with Crippen molar-refractivity contribution in [2.45, 2.75) is 32.6 Å². The summed E-state index contributed by atoms with van der Waals surface area (Å²) in [5, 5.41) is 3.74. The Balaban J connectivity index is 1.92. The number of anilines is 1. The number of hydrogen-bond acceptors (Lipinski definition) is 2. The van der Waals surface area contributed by atoms with Crippen LogP contribution < -0.4 is 5.32 Å². The highest BCUT2D eigenvalue weighted by atomic mass is 35.5. The summed E-state index contributed by atoms with van der Waals surface area (Å²) in [6, 6.07) is 3.45. The zero-order valence-electron chi connectivity index (χ0n) is 13.5. The van der Waals surface area contributed by atoms with Crippen molar-refractivity contribution in [2.24, 2.45) is 11.8 Å². The summed E-state index contributed by atoms with van der Waals surface area (Å²) in [6.07, 6.45) is 0.611. The third-order valence-corrected chi connectivity index (χ3v) is 5.95. The molecule has 2 amide bonds. The zero-order valence-corrected chi connectivity index (χ0v) is 15.0. The van der Waals surface area contributed by atoms with Gasteiger partial charge in [0.05, 0.1) is 15.5 Å². The second-order valence-corrected chi connectivity index (χ2v) is 7.71. The number of likely N-dealkylation sites (tertiary alicyclic amines) is 1. The van der Waals surface area contributed by atoms with E-state index < -0.39 is 5.41 Å². The maximum absolute atomic E-state index is 12.6. The molecular weight excluding hydrogens is 335 g/mol.